The molecule has 38 heavy (non-hydrogen) atoms. The lowest BCUT2D eigenvalue weighted by Crippen LogP contribution is -2.30. The standard InChI is InChI=1S/C29H32N4O4S/c1-4-5-6-7-14-37-24-13-10-21(15-25(24)36-3)16-31-32-26(34)17-33-19-30-28-27(29(33)35)23(18-38-28)22-11-8-20(2)9-12-22/h8-13,15-16,18-19H,4-7,14,17H2,1-3H3,(H,32,34). The van der Waals surface area contributed by atoms with Crippen molar-refractivity contribution in [2.75, 3.05) is 13.7 Å². The number of amides is 1. The highest BCUT2D eigenvalue weighted by atomic mass is 32.1. The number of rotatable bonds is 12. The topological polar surface area (TPSA) is 94.8 Å². The van der Waals surface area contributed by atoms with Crippen LogP contribution >= 0.6 is 11.3 Å². The van der Waals surface area contributed by atoms with E-state index in [9.17, 15) is 9.59 Å². The Hall–Kier alpha value is -3.98. The number of benzene rings is 2. The Bertz CT molecular complexity index is 1470. The molecule has 0 bridgehead atoms. The maximum atomic E-state index is 13.2. The number of aromatic nitrogens is 2. The molecule has 0 aliphatic carbocycles. The monoisotopic (exact) mass is 532 g/mol. The number of hydrazone groups is 1. The zero-order valence-electron chi connectivity index (χ0n) is 21.9. The van der Waals surface area contributed by atoms with Gasteiger partial charge in [-0.2, -0.15) is 5.10 Å². The van der Waals surface area contributed by atoms with Crippen molar-refractivity contribution in [2.24, 2.45) is 5.10 Å². The Labute approximate surface area is 225 Å². The fourth-order valence-electron chi connectivity index (χ4n) is 3.99. The van der Waals surface area contributed by atoms with E-state index in [0.717, 1.165) is 35.1 Å². The quantitative estimate of drug-likeness (QED) is 0.147. The van der Waals surface area contributed by atoms with Crippen LogP contribution in [0, 0.1) is 6.92 Å². The summed E-state index contributed by atoms with van der Waals surface area (Å²) in [4.78, 5) is 30.8. The van der Waals surface area contributed by atoms with Gasteiger partial charge in [-0.15, -0.1) is 11.3 Å². The number of ether oxygens (including phenoxy) is 2. The van der Waals surface area contributed by atoms with Gasteiger partial charge in [-0.3, -0.25) is 14.2 Å². The van der Waals surface area contributed by atoms with Crippen LogP contribution in [0.5, 0.6) is 11.5 Å². The third-order valence-electron chi connectivity index (χ3n) is 6.08. The Kier molecular flexibility index (Phi) is 9.26. The lowest BCUT2D eigenvalue weighted by molar-refractivity contribution is -0.121. The fraction of sp³-hybridized carbons (Fsp3) is 0.310. The van der Waals surface area contributed by atoms with E-state index in [1.165, 1.54) is 41.3 Å². The van der Waals surface area contributed by atoms with E-state index in [0.29, 0.717) is 28.3 Å². The summed E-state index contributed by atoms with van der Waals surface area (Å²) in [6, 6.07) is 13.4. The van der Waals surface area contributed by atoms with Crippen molar-refractivity contribution in [3.63, 3.8) is 0 Å². The van der Waals surface area contributed by atoms with Gasteiger partial charge in [0.25, 0.3) is 11.5 Å². The molecule has 8 nitrogen and oxygen atoms in total. The van der Waals surface area contributed by atoms with E-state index in [2.05, 4.69) is 22.4 Å². The summed E-state index contributed by atoms with van der Waals surface area (Å²) in [6.45, 7) is 4.63. The molecule has 0 spiro atoms. The molecule has 0 fully saturated rings. The van der Waals surface area contributed by atoms with Gasteiger partial charge in [-0.25, -0.2) is 10.4 Å². The molecule has 0 saturated heterocycles. The molecule has 1 N–H and O–H groups in total. The second-order valence-electron chi connectivity index (χ2n) is 8.99. The van der Waals surface area contributed by atoms with Crippen LogP contribution in [-0.2, 0) is 11.3 Å². The van der Waals surface area contributed by atoms with Crippen LogP contribution in [-0.4, -0.2) is 35.4 Å². The average molecular weight is 533 g/mol. The molecule has 2 aromatic carbocycles. The number of nitrogens with one attached hydrogen (secondary N) is 1. The molecule has 0 aliphatic rings. The predicted molar refractivity (Wildman–Crippen MR) is 152 cm³/mol. The van der Waals surface area contributed by atoms with Crippen molar-refractivity contribution in [2.45, 2.75) is 46.1 Å². The zero-order chi connectivity index (χ0) is 26.9. The number of methoxy groups -OCH3 is 1. The maximum absolute atomic E-state index is 13.2. The number of nitrogens with zero attached hydrogens (tertiary/aromatic N) is 3. The minimum absolute atomic E-state index is 0.198. The summed E-state index contributed by atoms with van der Waals surface area (Å²) >= 11 is 1.41. The third kappa shape index (κ3) is 6.66. The van der Waals surface area contributed by atoms with E-state index >= 15 is 0 Å². The second kappa shape index (κ2) is 13.0. The normalized spacial score (nSPS) is 11.2. The SMILES string of the molecule is CCCCCCOc1ccc(C=NNC(=O)Cn2cnc3scc(-c4ccc(C)cc4)c3c2=O)cc1OC. The maximum Gasteiger partial charge on any atom is 0.263 e. The molecule has 2 aromatic heterocycles. The largest absolute Gasteiger partial charge is 0.493 e. The zero-order valence-corrected chi connectivity index (χ0v) is 22.7. The Morgan fingerprint density at radius 3 is 2.71 bits per heavy atom. The molecule has 0 saturated carbocycles. The van der Waals surface area contributed by atoms with Crippen molar-refractivity contribution < 1.29 is 14.3 Å². The molecule has 1 amide bonds. The highest BCUT2D eigenvalue weighted by Gasteiger charge is 2.14. The van der Waals surface area contributed by atoms with E-state index in [1.807, 2.05) is 48.7 Å². The van der Waals surface area contributed by atoms with Gasteiger partial charge in [0.1, 0.15) is 11.4 Å². The molecule has 2 heterocycles. The first kappa shape index (κ1) is 27.1. The second-order valence-corrected chi connectivity index (χ2v) is 9.84. The molecule has 0 unspecified atom stereocenters. The number of carbonyl (C=O) groups is 1. The van der Waals surface area contributed by atoms with Crippen LogP contribution in [0.1, 0.15) is 43.7 Å². The lowest BCUT2D eigenvalue weighted by Gasteiger charge is -2.11. The van der Waals surface area contributed by atoms with Gasteiger partial charge in [0.15, 0.2) is 11.5 Å². The first-order valence-electron chi connectivity index (χ1n) is 12.7. The molecular weight excluding hydrogens is 500 g/mol. The molecule has 9 heteroatoms. The molecule has 198 valence electrons. The first-order valence-corrected chi connectivity index (χ1v) is 13.5. The van der Waals surface area contributed by atoms with Gasteiger partial charge in [-0.05, 0) is 42.7 Å². The van der Waals surface area contributed by atoms with Gasteiger partial charge in [-0.1, -0.05) is 56.0 Å². The average Bonchev–Trinajstić information content (AvgIpc) is 3.36. The molecular formula is C29H32N4O4S. The van der Waals surface area contributed by atoms with Gasteiger partial charge in [0, 0.05) is 10.9 Å². The smallest absolute Gasteiger partial charge is 0.263 e. The van der Waals surface area contributed by atoms with Gasteiger partial charge >= 0.3 is 0 Å². The number of hydrogen-bond donors (Lipinski definition) is 1. The Morgan fingerprint density at radius 2 is 1.95 bits per heavy atom. The summed E-state index contributed by atoms with van der Waals surface area (Å²) in [5, 5.41) is 6.48. The van der Waals surface area contributed by atoms with Crippen molar-refractivity contribution in [3.8, 4) is 22.6 Å². The van der Waals surface area contributed by atoms with Crippen molar-refractivity contribution in [1.29, 1.82) is 0 Å². The number of aryl methyl sites for hydroxylation is 1. The molecule has 0 aliphatic heterocycles. The Balaban J connectivity index is 1.40. The summed E-state index contributed by atoms with van der Waals surface area (Å²) in [7, 11) is 1.59. The van der Waals surface area contributed by atoms with Gasteiger partial charge < -0.3 is 9.47 Å². The van der Waals surface area contributed by atoms with Crippen molar-refractivity contribution in [3.05, 3.63) is 75.7 Å². The van der Waals surface area contributed by atoms with Crippen LogP contribution in [0.25, 0.3) is 21.3 Å². The minimum Gasteiger partial charge on any atom is -0.493 e. The number of thiophene rings is 1. The van der Waals surface area contributed by atoms with E-state index in [1.54, 1.807) is 13.2 Å². The molecule has 0 radical (unpaired) electrons. The number of hydrogen-bond acceptors (Lipinski definition) is 7. The fourth-order valence-corrected chi connectivity index (χ4v) is 4.90. The van der Waals surface area contributed by atoms with E-state index in [4.69, 9.17) is 9.47 Å². The molecule has 4 rings (SSSR count). The minimum atomic E-state index is -0.435. The highest BCUT2D eigenvalue weighted by Crippen LogP contribution is 2.31. The van der Waals surface area contributed by atoms with Crippen LogP contribution in [0.4, 0.5) is 0 Å². The van der Waals surface area contributed by atoms with Crippen LogP contribution < -0.4 is 20.5 Å². The summed E-state index contributed by atoms with van der Waals surface area (Å²) in [5.74, 6) is 0.836. The number of fused-ring (bicyclic) bond motifs is 1. The first-order chi connectivity index (χ1) is 18.5. The summed E-state index contributed by atoms with van der Waals surface area (Å²) in [5.41, 5.74) is 5.85. The third-order valence-corrected chi connectivity index (χ3v) is 6.97. The van der Waals surface area contributed by atoms with Gasteiger partial charge in [0.05, 0.1) is 31.6 Å². The van der Waals surface area contributed by atoms with Crippen molar-refractivity contribution >= 4 is 33.7 Å². The number of carbonyl (C=O) groups excluding carboxylic acids is 1. The van der Waals surface area contributed by atoms with E-state index < -0.39 is 5.91 Å². The van der Waals surface area contributed by atoms with Gasteiger partial charge in [0.2, 0.25) is 0 Å². The summed E-state index contributed by atoms with van der Waals surface area (Å²) < 4.78 is 12.6. The number of unbranched alkanes of at least 4 members (excludes halogenated alkanes) is 3. The Morgan fingerprint density at radius 1 is 1.13 bits per heavy atom. The van der Waals surface area contributed by atoms with Crippen molar-refractivity contribution in [1.82, 2.24) is 15.0 Å². The highest BCUT2D eigenvalue weighted by molar-refractivity contribution is 7.17. The van der Waals surface area contributed by atoms with Crippen LogP contribution in [0.15, 0.2) is 64.1 Å². The molecule has 0 atom stereocenters. The lowest BCUT2D eigenvalue weighted by atomic mass is 10.1. The van der Waals surface area contributed by atoms with Crippen LogP contribution in [0.2, 0.25) is 0 Å². The van der Waals surface area contributed by atoms with Crippen LogP contribution in [0.3, 0.4) is 0 Å². The molecule has 4 aromatic rings. The predicted octanol–water partition coefficient (Wildman–Crippen LogP) is 5.55. The summed E-state index contributed by atoms with van der Waals surface area (Å²) in [6.07, 6.45) is 7.43. The van der Waals surface area contributed by atoms with E-state index in [-0.39, 0.29) is 12.1 Å².